The minimum absolute atomic E-state index is 0. The van der Waals surface area contributed by atoms with Crippen molar-refractivity contribution in [2.24, 2.45) is 0 Å². The summed E-state index contributed by atoms with van der Waals surface area (Å²) in [6.07, 6.45) is 10.2. The molecule has 3 heteroatoms. The topological polar surface area (TPSA) is 26.3 Å². The van der Waals surface area contributed by atoms with Crippen molar-refractivity contribution in [3.63, 3.8) is 0 Å². The van der Waals surface area contributed by atoms with E-state index in [-0.39, 0.29) is 57.4 Å². The summed E-state index contributed by atoms with van der Waals surface area (Å²) in [5.74, 6) is -0.159. The second-order valence-electron chi connectivity index (χ2n) is 3.81. The fraction of sp³-hybridized carbons (Fsp3) is 0.917. The van der Waals surface area contributed by atoms with E-state index in [0.29, 0.717) is 6.61 Å². The Morgan fingerprint density at radius 2 is 1.40 bits per heavy atom. The molecule has 0 saturated heterocycles. The summed E-state index contributed by atoms with van der Waals surface area (Å²) in [7, 11) is 0. The van der Waals surface area contributed by atoms with Gasteiger partial charge in [-0.1, -0.05) is 51.9 Å². The summed E-state index contributed by atoms with van der Waals surface area (Å²) in [5, 5.41) is 0. The number of carbonyl (C=O) groups excluding carboxylic acids is 1. The molecule has 15 heavy (non-hydrogen) atoms. The van der Waals surface area contributed by atoms with Crippen LogP contribution in [0.1, 0.15) is 65.2 Å². The molecule has 0 spiro atoms. The molecule has 0 saturated carbocycles. The van der Waals surface area contributed by atoms with Crippen LogP contribution >= 0.6 is 0 Å². The van der Waals surface area contributed by atoms with Crippen molar-refractivity contribution in [1.82, 2.24) is 0 Å². The Morgan fingerprint density at radius 3 is 1.87 bits per heavy atom. The Balaban J connectivity index is 0. The molecule has 0 aliphatic carbocycles. The third kappa shape index (κ3) is 17.7. The van der Waals surface area contributed by atoms with Crippen molar-refractivity contribution in [2.75, 3.05) is 6.61 Å². The number of unbranched alkanes of at least 4 members (excludes halogenated alkanes) is 7. The minimum atomic E-state index is -0.159. The first kappa shape index (κ1) is 18.5. The molecule has 0 aliphatic heterocycles. The van der Waals surface area contributed by atoms with Gasteiger partial charge in [0.2, 0.25) is 0 Å². The SMILES string of the molecule is CCCCCCCCCCOC(C)=O.[KH]. The molecule has 0 radical (unpaired) electrons. The van der Waals surface area contributed by atoms with Crippen LogP contribution in [0, 0.1) is 0 Å². The van der Waals surface area contributed by atoms with Crippen molar-refractivity contribution < 1.29 is 9.53 Å². The molecule has 0 amide bonds. The first-order chi connectivity index (χ1) is 6.77. The van der Waals surface area contributed by atoms with Gasteiger partial charge in [0.05, 0.1) is 6.61 Å². The first-order valence-electron chi connectivity index (χ1n) is 5.90. The van der Waals surface area contributed by atoms with Crippen molar-refractivity contribution in [2.45, 2.75) is 65.2 Å². The quantitative estimate of drug-likeness (QED) is 0.352. The normalized spacial score (nSPS) is 9.47. The monoisotopic (exact) mass is 240 g/mol. The van der Waals surface area contributed by atoms with E-state index < -0.39 is 0 Å². The van der Waals surface area contributed by atoms with E-state index in [2.05, 4.69) is 6.92 Å². The number of hydrogen-bond donors (Lipinski definition) is 0. The third-order valence-electron chi connectivity index (χ3n) is 2.30. The zero-order chi connectivity index (χ0) is 10.6. The van der Waals surface area contributed by atoms with E-state index in [4.69, 9.17) is 4.74 Å². The molecule has 0 atom stereocenters. The second-order valence-corrected chi connectivity index (χ2v) is 3.81. The summed E-state index contributed by atoms with van der Waals surface area (Å²) in [4.78, 5) is 10.4. The van der Waals surface area contributed by atoms with Crippen molar-refractivity contribution in [3.05, 3.63) is 0 Å². The molecule has 0 fully saturated rings. The zero-order valence-corrected chi connectivity index (χ0v) is 9.68. The molecule has 0 rings (SSSR count). The van der Waals surface area contributed by atoms with Gasteiger partial charge in [-0.2, -0.15) is 0 Å². The van der Waals surface area contributed by atoms with Crippen LogP contribution in [0.15, 0.2) is 0 Å². The van der Waals surface area contributed by atoms with Gasteiger partial charge in [0, 0.05) is 6.92 Å². The standard InChI is InChI=1S/C12H24O2.K.H/c1-3-4-5-6-7-8-9-10-11-14-12(2)13;;/h3-11H2,1-2H3;;. The van der Waals surface area contributed by atoms with Gasteiger partial charge in [-0.25, -0.2) is 0 Å². The molecule has 2 nitrogen and oxygen atoms in total. The molecule has 0 aliphatic rings. The van der Waals surface area contributed by atoms with Crippen LogP contribution in [0.4, 0.5) is 0 Å². The maximum atomic E-state index is 10.4. The molecule has 0 aromatic rings. The fourth-order valence-electron chi connectivity index (χ4n) is 1.45. The van der Waals surface area contributed by atoms with Gasteiger partial charge in [-0.15, -0.1) is 0 Å². The van der Waals surface area contributed by atoms with E-state index in [9.17, 15) is 4.79 Å². The fourth-order valence-corrected chi connectivity index (χ4v) is 1.45. The zero-order valence-electron chi connectivity index (χ0n) is 9.68. The van der Waals surface area contributed by atoms with Crippen LogP contribution in [-0.4, -0.2) is 64.0 Å². The van der Waals surface area contributed by atoms with Crippen molar-refractivity contribution in [1.29, 1.82) is 0 Å². The summed E-state index contributed by atoms with van der Waals surface area (Å²) < 4.78 is 4.85. The summed E-state index contributed by atoms with van der Waals surface area (Å²) >= 11 is 0. The molecule has 0 heterocycles. The van der Waals surface area contributed by atoms with Gasteiger partial charge in [-0.05, 0) is 6.42 Å². The van der Waals surface area contributed by atoms with Gasteiger partial charge in [-0.3, -0.25) is 4.79 Å². The molecular formula is C12H25KO2. The van der Waals surface area contributed by atoms with E-state index in [1.54, 1.807) is 0 Å². The van der Waals surface area contributed by atoms with Crippen LogP contribution < -0.4 is 0 Å². The van der Waals surface area contributed by atoms with Crippen molar-refractivity contribution in [3.8, 4) is 0 Å². The van der Waals surface area contributed by atoms with Crippen LogP contribution in [0.3, 0.4) is 0 Å². The number of rotatable bonds is 9. The second kappa shape index (κ2) is 15.1. The number of carbonyl (C=O) groups is 1. The van der Waals surface area contributed by atoms with Gasteiger partial charge < -0.3 is 4.74 Å². The van der Waals surface area contributed by atoms with E-state index in [1.807, 2.05) is 0 Å². The van der Waals surface area contributed by atoms with Crippen LogP contribution in [0.25, 0.3) is 0 Å². The Kier molecular flexibility index (Phi) is 18.6. The first-order valence-corrected chi connectivity index (χ1v) is 5.90. The average Bonchev–Trinajstić information content (AvgIpc) is 2.15. The number of esters is 1. The van der Waals surface area contributed by atoms with E-state index >= 15 is 0 Å². The summed E-state index contributed by atoms with van der Waals surface area (Å²) in [5.41, 5.74) is 0. The van der Waals surface area contributed by atoms with Crippen LogP contribution in [0.5, 0.6) is 0 Å². The Morgan fingerprint density at radius 1 is 0.933 bits per heavy atom. The molecule has 0 aromatic carbocycles. The average molecular weight is 240 g/mol. The summed E-state index contributed by atoms with van der Waals surface area (Å²) in [6.45, 7) is 4.30. The van der Waals surface area contributed by atoms with Crippen LogP contribution in [0.2, 0.25) is 0 Å². The Hall–Kier alpha value is 1.11. The van der Waals surface area contributed by atoms with Gasteiger partial charge >= 0.3 is 57.4 Å². The van der Waals surface area contributed by atoms with Gasteiger partial charge in [0.25, 0.3) is 0 Å². The van der Waals surface area contributed by atoms with Gasteiger partial charge in [0.1, 0.15) is 0 Å². The molecular weight excluding hydrogens is 215 g/mol. The van der Waals surface area contributed by atoms with E-state index in [1.165, 1.54) is 51.9 Å². The third-order valence-corrected chi connectivity index (χ3v) is 2.30. The molecule has 0 N–H and O–H groups in total. The van der Waals surface area contributed by atoms with Gasteiger partial charge in [0.15, 0.2) is 0 Å². The summed E-state index contributed by atoms with van der Waals surface area (Å²) in [6, 6.07) is 0. The predicted octanol–water partition coefficient (Wildman–Crippen LogP) is 3.04. The van der Waals surface area contributed by atoms with Crippen molar-refractivity contribution >= 4 is 57.4 Å². The molecule has 0 bridgehead atoms. The number of ether oxygens (including phenoxy) is 1. The predicted molar refractivity (Wildman–Crippen MR) is 66.4 cm³/mol. The van der Waals surface area contributed by atoms with Crippen LogP contribution in [-0.2, 0) is 9.53 Å². The Labute approximate surface area is 137 Å². The Bertz CT molecular complexity index is 138. The maximum absolute atomic E-state index is 10.4. The molecule has 0 aromatic heterocycles. The van der Waals surface area contributed by atoms with E-state index in [0.717, 1.165) is 6.42 Å². The molecule has 0 unspecified atom stereocenters. The number of hydrogen-bond acceptors (Lipinski definition) is 2. The molecule has 86 valence electrons.